The van der Waals surface area contributed by atoms with Gasteiger partial charge in [0.1, 0.15) is 5.82 Å². The van der Waals surface area contributed by atoms with Gasteiger partial charge in [-0.25, -0.2) is 14.8 Å². The highest BCUT2D eigenvalue weighted by molar-refractivity contribution is 7.98. The Kier molecular flexibility index (Phi) is 5.60. The fourth-order valence-corrected chi connectivity index (χ4v) is 4.31. The summed E-state index contributed by atoms with van der Waals surface area (Å²) in [4.78, 5) is 49.1. The number of methoxy groups -OCH3 is 1. The smallest absolute Gasteiger partial charge is 0.337 e. The van der Waals surface area contributed by atoms with Crippen LogP contribution in [0.5, 0.6) is 0 Å². The molecule has 0 atom stereocenters. The lowest BCUT2D eigenvalue weighted by Crippen LogP contribution is -2.25. The number of nitrogens with zero attached hydrogens (tertiary/aromatic N) is 3. The highest BCUT2D eigenvalue weighted by atomic mass is 32.2. The van der Waals surface area contributed by atoms with E-state index in [2.05, 4.69) is 15.0 Å². The number of carbonyl (C=O) groups excluding carboxylic acids is 1. The number of H-pyrrole nitrogens is 1. The third-order valence-corrected chi connectivity index (χ3v) is 5.77. The highest BCUT2D eigenvalue weighted by Crippen LogP contribution is 2.23. The number of aromatic nitrogens is 4. The lowest BCUT2D eigenvalue weighted by molar-refractivity contribution is 0.0601. The van der Waals surface area contributed by atoms with Crippen molar-refractivity contribution in [1.29, 1.82) is 0 Å². The SMILES string of the molecule is COC(=O)c1ccc2c(=O)[nH]c(CSc3nc4ccccc4c(=O)n3C(C)C)nc2c1. The first-order valence-corrected chi connectivity index (χ1v) is 10.6. The summed E-state index contributed by atoms with van der Waals surface area (Å²) in [7, 11) is 1.30. The van der Waals surface area contributed by atoms with E-state index in [4.69, 9.17) is 4.74 Å². The van der Waals surface area contributed by atoms with Gasteiger partial charge in [-0.2, -0.15) is 0 Å². The van der Waals surface area contributed by atoms with Crippen molar-refractivity contribution in [3.63, 3.8) is 0 Å². The predicted molar refractivity (Wildman–Crippen MR) is 120 cm³/mol. The summed E-state index contributed by atoms with van der Waals surface area (Å²) < 4.78 is 6.38. The van der Waals surface area contributed by atoms with Crippen LogP contribution in [-0.2, 0) is 10.5 Å². The topological polar surface area (TPSA) is 107 Å². The van der Waals surface area contributed by atoms with Gasteiger partial charge in [0.25, 0.3) is 11.1 Å². The van der Waals surface area contributed by atoms with Crippen molar-refractivity contribution in [1.82, 2.24) is 19.5 Å². The van der Waals surface area contributed by atoms with Crippen LogP contribution in [-0.4, -0.2) is 32.6 Å². The minimum atomic E-state index is -0.499. The van der Waals surface area contributed by atoms with Gasteiger partial charge < -0.3 is 9.72 Å². The Balaban J connectivity index is 1.73. The molecule has 4 rings (SSSR count). The summed E-state index contributed by atoms with van der Waals surface area (Å²) in [6, 6.07) is 11.7. The summed E-state index contributed by atoms with van der Waals surface area (Å²) in [6.07, 6.45) is 0. The Bertz CT molecular complexity index is 1420. The molecule has 9 heteroatoms. The molecular weight excluding hydrogens is 416 g/mol. The number of para-hydroxylation sites is 1. The second kappa shape index (κ2) is 8.35. The number of esters is 1. The number of aromatic amines is 1. The fraction of sp³-hybridized carbons (Fsp3) is 0.227. The van der Waals surface area contributed by atoms with Gasteiger partial charge in [0.05, 0.1) is 40.2 Å². The standard InChI is InChI=1S/C22H20N4O4S/c1-12(2)26-20(28)15-6-4-5-7-16(15)24-22(26)31-11-18-23-17-10-13(21(29)30-3)8-9-14(17)19(27)25-18/h4-10,12H,11H2,1-3H3,(H,23,25,27). The number of hydrogen-bond donors (Lipinski definition) is 1. The summed E-state index contributed by atoms with van der Waals surface area (Å²) in [5.41, 5.74) is 0.927. The molecule has 4 aromatic rings. The summed E-state index contributed by atoms with van der Waals surface area (Å²) >= 11 is 1.32. The second-order valence-corrected chi connectivity index (χ2v) is 8.15. The molecule has 0 bridgehead atoms. The maximum Gasteiger partial charge on any atom is 0.337 e. The van der Waals surface area contributed by atoms with Crippen LogP contribution in [0, 0.1) is 0 Å². The number of ether oxygens (including phenoxy) is 1. The number of benzene rings is 2. The maximum atomic E-state index is 13.0. The largest absolute Gasteiger partial charge is 0.465 e. The molecule has 0 saturated heterocycles. The maximum absolute atomic E-state index is 13.0. The number of hydrogen-bond acceptors (Lipinski definition) is 7. The molecule has 0 spiro atoms. The molecule has 0 amide bonds. The summed E-state index contributed by atoms with van der Waals surface area (Å²) in [6.45, 7) is 3.85. The van der Waals surface area contributed by atoms with E-state index in [1.165, 1.54) is 31.0 Å². The average molecular weight is 436 g/mol. The van der Waals surface area contributed by atoms with Crippen LogP contribution in [0.2, 0.25) is 0 Å². The molecule has 158 valence electrons. The lowest BCUT2D eigenvalue weighted by Gasteiger charge is -2.16. The average Bonchev–Trinajstić information content (AvgIpc) is 2.76. The fourth-order valence-electron chi connectivity index (χ4n) is 3.32. The lowest BCUT2D eigenvalue weighted by atomic mass is 10.1. The summed E-state index contributed by atoms with van der Waals surface area (Å²) in [5.74, 6) is 0.217. The molecule has 8 nitrogen and oxygen atoms in total. The van der Waals surface area contributed by atoms with Crippen molar-refractivity contribution in [2.24, 2.45) is 0 Å². The van der Waals surface area contributed by atoms with Gasteiger partial charge in [-0.3, -0.25) is 14.2 Å². The van der Waals surface area contributed by atoms with Crippen molar-refractivity contribution in [3.8, 4) is 0 Å². The molecule has 2 aromatic carbocycles. The van der Waals surface area contributed by atoms with Gasteiger partial charge in [-0.1, -0.05) is 23.9 Å². The van der Waals surface area contributed by atoms with E-state index in [1.54, 1.807) is 22.8 Å². The normalized spacial score (nSPS) is 11.4. The van der Waals surface area contributed by atoms with Crippen LogP contribution >= 0.6 is 11.8 Å². The minimum Gasteiger partial charge on any atom is -0.465 e. The molecule has 31 heavy (non-hydrogen) atoms. The van der Waals surface area contributed by atoms with Crippen LogP contribution in [0.15, 0.2) is 57.2 Å². The van der Waals surface area contributed by atoms with Gasteiger partial charge >= 0.3 is 5.97 Å². The first-order valence-electron chi connectivity index (χ1n) is 9.64. The van der Waals surface area contributed by atoms with E-state index in [9.17, 15) is 14.4 Å². The Hall–Kier alpha value is -3.46. The van der Waals surface area contributed by atoms with Gasteiger partial charge in [0.2, 0.25) is 0 Å². The van der Waals surface area contributed by atoms with E-state index < -0.39 is 5.97 Å². The van der Waals surface area contributed by atoms with Crippen LogP contribution in [0.4, 0.5) is 0 Å². The number of thioether (sulfide) groups is 1. The molecule has 0 fully saturated rings. The highest BCUT2D eigenvalue weighted by Gasteiger charge is 2.15. The van der Waals surface area contributed by atoms with E-state index in [-0.39, 0.29) is 17.2 Å². The molecule has 0 aliphatic rings. The monoisotopic (exact) mass is 436 g/mol. The Labute approximate surface area is 181 Å². The Morgan fingerprint density at radius 2 is 1.87 bits per heavy atom. The zero-order chi connectivity index (χ0) is 22.1. The molecule has 1 N–H and O–H groups in total. The Morgan fingerprint density at radius 1 is 1.10 bits per heavy atom. The van der Waals surface area contributed by atoms with Crippen molar-refractivity contribution >= 4 is 39.5 Å². The quantitative estimate of drug-likeness (QED) is 0.291. The van der Waals surface area contributed by atoms with Gasteiger partial charge in [-0.15, -0.1) is 0 Å². The zero-order valence-corrected chi connectivity index (χ0v) is 18.0. The molecule has 0 aliphatic heterocycles. The number of nitrogens with one attached hydrogen (secondary N) is 1. The Morgan fingerprint density at radius 3 is 2.61 bits per heavy atom. The van der Waals surface area contributed by atoms with E-state index >= 15 is 0 Å². The second-order valence-electron chi connectivity index (χ2n) is 7.21. The zero-order valence-electron chi connectivity index (χ0n) is 17.2. The molecule has 2 heterocycles. The molecule has 0 saturated carbocycles. The van der Waals surface area contributed by atoms with Crippen molar-refractivity contribution < 1.29 is 9.53 Å². The molecule has 0 unspecified atom stereocenters. The van der Waals surface area contributed by atoms with Crippen LogP contribution in [0.25, 0.3) is 21.8 Å². The molecule has 0 radical (unpaired) electrons. The molecular formula is C22H20N4O4S. The molecule has 0 aliphatic carbocycles. The van der Waals surface area contributed by atoms with Crippen LogP contribution < -0.4 is 11.1 Å². The van der Waals surface area contributed by atoms with Crippen molar-refractivity contribution in [2.75, 3.05) is 7.11 Å². The van der Waals surface area contributed by atoms with Gasteiger partial charge in [0, 0.05) is 6.04 Å². The first kappa shape index (κ1) is 20.8. The minimum absolute atomic E-state index is 0.0849. The summed E-state index contributed by atoms with van der Waals surface area (Å²) in [5, 5.41) is 1.49. The number of fused-ring (bicyclic) bond motifs is 2. The third-order valence-electron chi connectivity index (χ3n) is 4.81. The van der Waals surface area contributed by atoms with E-state index in [1.807, 2.05) is 26.0 Å². The van der Waals surface area contributed by atoms with Crippen molar-refractivity contribution in [3.05, 3.63) is 74.6 Å². The molecule has 2 aromatic heterocycles. The third kappa shape index (κ3) is 3.96. The number of carbonyl (C=O) groups is 1. The van der Waals surface area contributed by atoms with Crippen molar-refractivity contribution in [2.45, 2.75) is 30.8 Å². The van der Waals surface area contributed by atoms with Crippen LogP contribution in [0.3, 0.4) is 0 Å². The van der Waals surface area contributed by atoms with Gasteiger partial charge in [0.15, 0.2) is 5.16 Å². The van der Waals surface area contributed by atoms with Gasteiger partial charge in [-0.05, 0) is 44.2 Å². The predicted octanol–water partition coefficient (Wildman–Crippen LogP) is 3.29. The van der Waals surface area contributed by atoms with E-state index in [0.717, 1.165) is 0 Å². The van der Waals surface area contributed by atoms with E-state index in [0.29, 0.717) is 44.1 Å². The number of rotatable bonds is 5. The first-order chi connectivity index (χ1) is 14.9. The van der Waals surface area contributed by atoms with Crippen LogP contribution in [0.1, 0.15) is 36.1 Å².